The van der Waals surface area contributed by atoms with Crippen molar-refractivity contribution in [2.24, 2.45) is 5.92 Å². The van der Waals surface area contributed by atoms with E-state index in [0.29, 0.717) is 16.5 Å². The molecule has 1 atom stereocenters. The maximum Gasteiger partial charge on any atom is 0.322 e. The smallest absolute Gasteiger partial charge is 0.322 e. The maximum atomic E-state index is 11.6. The Labute approximate surface area is 115 Å². The molecule has 1 aromatic rings. The van der Waals surface area contributed by atoms with Crippen LogP contribution in [0.5, 0.6) is 0 Å². The summed E-state index contributed by atoms with van der Waals surface area (Å²) in [7, 11) is 0. The summed E-state index contributed by atoms with van der Waals surface area (Å²) in [5.74, 6) is -1.74. The second-order valence-electron chi connectivity index (χ2n) is 3.95. The van der Waals surface area contributed by atoms with Gasteiger partial charge < -0.3 is 10.4 Å². The highest BCUT2D eigenvalue weighted by Crippen LogP contribution is 2.23. The Kier molecular flexibility index (Phi) is 5.44. The Morgan fingerprint density at radius 1 is 1.39 bits per heavy atom. The number of hydrogen-bond acceptors (Lipinski definition) is 2. The van der Waals surface area contributed by atoms with Gasteiger partial charge in [0.25, 0.3) is 0 Å². The Bertz CT molecular complexity index is 463. The van der Waals surface area contributed by atoms with Crippen molar-refractivity contribution in [1.82, 2.24) is 5.32 Å². The number of benzene rings is 1. The van der Waals surface area contributed by atoms with E-state index in [1.165, 1.54) is 0 Å². The zero-order chi connectivity index (χ0) is 13.7. The van der Waals surface area contributed by atoms with E-state index in [9.17, 15) is 9.59 Å². The molecule has 98 valence electrons. The van der Waals surface area contributed by atoms with Crippen LogP contribution in [-0.2, 0) is 16.0 Å². The molecule has 4 nitrogen and oxygen atoms in total. The van der Waals surface area contributed by atoms with E-state index in [1.807, 2.05) is 0 Å². The van der Waals surface area contributed by atoms with Gasteiger partial charge in [-0.2, -0.15) is 0 Å². The van der Waals surface area contributed by atoms with Gasteiger partial charge in [0.2, 0.25) is 5.91 Å². The van der Waals surface area contributed by atoms with Crippen molar-refractivity contribution in [2.75, 3.05) is 6.54 Å². The second kappa shape index (κ2) is 6.61. The first-order chi connectivity index (χ1) is 8.40. The molecule has 0 saturated carbocycles. The molecule has 0 aliphatic carbocycles. The van der Waals surface area contributed by atoms with Crippen LogP contribution >= 0.6 is 23.2 Å². The molecule has 2 N–H and O–H groups in total. The summed E-state index contributed by atoms with van der Waals surface area (Å²) in [5, 5.41) is 11.8. The molecule has 0 aliphatic heterocycles. The minimum atomic E-state index is -1.07. The van der Waals surface area contributed by atoms with Crippen LogP contribution < -0.4 is 5.32 Å². The number of carboxylic acids is 1. The quantitative estimate of drug-likeness (QED) is 0.875. The largest absolute Gasteiger partial charge is 0.480 e. The van der Waals surface area contributed by atoms with Gasteiger partial charge >= 0.3 is 5.97 Å². The van der Waals surface area contributed by atoms with Gasteiger partial charge in [-0.05, 0) is 24.1 Å². The SMILES string of the molecule is C[C@H](Cc1ccc(Cl)cc1Cl)C(=O)NCC(=O)O. The third-order valence-electron chi connectivity index (χ3n) is 2.40. The van der Waals surface area contributed by atoms with Crippen LogP contribution in [0.2, 0.25) is 10.0 Å². The summed E-state index contributed by atoms with van der Waals surface area (Å²) in [6, 6.07) is 5.07. The number of halogens is 2. The van der Waals surface area contributed by atoms with Crippen molar-refractivity contribution >= 4 is 35.1 Å². The molecule has 6 heteroatoms. The van der Waals surface area contributed by atoms with E-state index in [0.717, 1.165) is 5.56 Å². The predicted octanol–water partition coefficient (Wildman–Crippen LogP) is 2.37. The normalized spacial score (nSPS) is 11.9. The zero-order valence-corrected chi connectivity index (χ0v) is 11.3. The van der Waals surface area contributed by atoms with Crippen molar-refractivity contribution in [3.8, 4) is 0 Å². The Balaban J connectivity index is 2.60. The Morgan fingerprint density at radius 2 is 2.06 bits per heavy atom. The highest BCUT2D eigenvalue weighted by molar-refractivity contribution is 6.35. The third kappa shape index (κ3) is 4.55. The van der Waals surface area contributed by atoms with E-state index < -0.39 is 5.97 Å². The molecule has 0 fully saturated rings. The van der Waals surface area contributed by atoms with Crippen LogP contribution in [0.1, 0.15) is 12.5 Å². The molecule has 0 radical (unpaired) electrons. The standard InChI is InChI=1S/C12H13Cl2NO3/c1-7(12(18)15-6-11(16)17)4-8-2-3-9(13)5-10(8)14/h2-3,5,7H,4,6H2,1H3,(H,15,18)(H,16,17)/t7-/m1/s1. The van der Waals surface area contributed by atoms with Gasteiger partial charge in [0.15, 0.2) is 0 Å². The van der Waals surface area contributed by atoms with Crippen molar-refractivity contribution in [3.63, 3.8) is 0 Å². The summed E-state index contributed by atoms with van der Waals surface area (Å²) >= 11 is 11.8. The molecule has 0 heterocycles. The van der Waals surface area contributed by atoms with Crippen molar-refractivity contribution in [2.45, 2.75) is 13.3 Å². The number of rotatable bonds is 5. The number of aliphatic carboxylic acids is 1. The first-order valence-corrected chi connectivity index (χ1v) is 6.09. The summed E-state index contributed by atoms with van der Waals surface area (Å²) in [6.07, 6.45) is 0.432. The second-order valence-corrected chi connectivity index (χ2v) is 4.80. The fourth-order valence-electron chi connectivity index (χ4n) is 1.45. The number of carbonyl (C=O) groups is 2. The van der Waals surface area contributed by atoms with Crippen LogP contribution in [0.25, 0.3) is 0 Å². The predicted molar refractivity (Wildman–Crippen MR) is 70.0 cm³/mol. The highest BCUT2D eigenvalue weighted by atomic mass is 35.5. The van der Waals surface area contributed by atoms with Gasteiger partial charge in [-0.15, -0.1) is 0 Å². The lowest BCUT2D eigenvalue weighted by Gasteiger charge is -2.12. The zero-order valence-electron chi connectivity index (χ0n) is 9.74. The minimum Gasteiger partial charge on any atom is -0.480 e. The van der Waals surface area contributed by atoms with Crippen LogP contribution in [0, 0.1) is 5.92 Å². The molecule has 1 amide bonds. The number of hydrogen-bond donors (Lipinski definition) is 2. The molecule has 0 aliphatic rings. The first kappa shape index (κ1) is 14.8. The molecular formula is C12H13Cl2NO3. The molecule has 0 saturated heterocycles. The number of carboxylic acid groups (broad SMARTS) is 1. The minimum absolute atomic E-state index is 0.316. The number of amides is 1. The molecule has 1 rings (SSSR count). The van der Waals surface area contributed by atoms with Crippen molar-refractivity contribution in [3.05, 3.63) is 33.8 Å². The molecule has 0 bridgehead atoms. The van der Waals surface area contributed by atoms with E-state index in [4.69, 9.17) is 28.3 Å². The van der Waals surface area contributed by atoms with Gasteiger partial charge in [0.1, 0.15) is 6.54 Å². The lowest BCUT2D eigenvalue weighted by molar-refractivity contribution is -0.138. The van der Waals surface area contributed by atoms with Gasteiger partial charge in [-0.3, -0.25) is 9.59 Å². The average Bonchev–Trinajstić information content (AvgIpc) is 2.29. The molecule has 1 aromatic carbocycles. The van der Waals surface area contributed by atoms with E-state index >= 15 is 0 Å². The number of nitrogens with one attached hydrogen (secondary N) is 1. The van der Waals surface area contributed by atoms with Crippen molar-refractivity contribution < 1.29 is 14.7 Å². The molecule has 0 spiro atoms. The fraction of sp³-hybridized carbons (Fsp3) is 0.333. The van der Waals surface area contributed by atoms with Crippen LogP contribution in [0.15, 0.2) is 18.2 Å². The lowest BCUT2D eigenvalue weighted by atomic mass is 10.0. The third-order valence-corrected chi connectivity index (χ3v) is 2.99. The van der Waals surface area contributed by atoms with Gasteiger partial charge in [0.05, 0.1) is 0 Å². The van der Waals surface area contributed by atoms with E-state index in [1.54, 1.807) is 25.1 Å². The topological polar surface area (TPSA) is 66.4 Å². The monoisotopic (exact) mass is 289 g/mol. The summed E-state index contributed by atoms with van der Waals surface area (Å²) in [6.45, 7) is 1.33. The summed E-state index contributed by atoms with van der Waals surface area (Å²) in [4.78, 5) is 21.9. The van der Waals surface area contributed by atoms with E-state index in [2.05, 4.69) is 5.32 Å². The van der Waals surface area contributed by atoms with Crippen LogP contribution in [-0.4, -0.2) is 23.5 Å². The lowest BCUT2D eigenvalue weighted by Crippen LogP contribution is -2.34. The summed E-state index contributed by atoms with van der Waals surface area (Å²) in [5.41, 5.74) is 0.805. The van der Waals surface area contributed by atoms with Crippen molar-refractivity contribution in [1.29, 1.82) is 0 Å². The van der Waals surface area contributed by atoms with Gasteiger partial charge in [-0.25, -0.2) is 0 Å². The Hall–Kier alpha value is -1.26. The number of carbonyl (C=O) groups excluding carboxylic acids is 1. The molecule has 18 heavy (non-hydrogen) atoms. The molecule has 0 aromatic heterocycles. The van der Waals surface area contributed by atoms with Gasteiger partial charge in [0, 0.05) is 16.0 Å². The maximum absolute atomic E-state index is 11.6. The van der Waals surface area contributed by atoms with Crippen LogP contribution in [0.4, 0.5) is 0 Å². The average molecular weight is 290 g/mol. The molecular weight excluding hydrogens is 277 g/mol. The van der Waals surface area contributed by atoms with E-state index in [-0.39, 0.29) is 18.4 Å². The molecule has 0 unspecified atom stereocenters. The van der Waals surface area contributed by atoms with Crippen LogP contribution in [0.3, 0.4) is 0 Å². The highest BCUT2D eigenvalue weighted by Gasteiger charge is 2.15. The first-order valence-electron chi connectivity index (χ1n) is 5.33. The fourth-order valence-corrected chi connectivity index (χ4v) is 1.93. The Morgan fingerprint density at radius 3 is 2.61 bits per heavy atom. The summed E-state index contributed by atoms with van der Waals surface area (Å²) < 4.78 is 0. The van der Waals surface area contributed by atoms with Gasteiger partial charge in [-0.1, -0.05) is 36.2 Å².